The minimum absolute atomic E-state index is 0.00723. The van der Waals surface area contributed by atoms with Gasteiger partial charge >= 0.3 is 0 Å². The third-order valence-corrected chi connectivity index (χ3v) is 2.28. The van der Waals surface area contributed by atoms with Crippen molar-refractivity contribution in [2.24, 2.45) is 0 Å². The van der Waals surface area contributed by atoms with Crippen molar-refractivity contribution in [1.29, 1.82) is 0 Å². The molecular weight excluding hydrogens is 252 g/mol. The number of hydrogen-bond acceptors (Lipinski definition) is 4. The number of aromatic hydroxyl groups is 1. The highest BCUT2D eigenvalue weighted by molar-refractivity contribution is 9.10. The van der Waals surface area contributed by atoms with Crippen LogP contribution in [0.1, 0.15) is 0 Å². The third kappa shape index (κ3) is 1.41. The third-order valence-electron chi connectivity index (χ3n) is 1.57. The van der Waals surface area contributed by atoms with Crippen LogP contribution >= 0.6 is 15.9 Å². The summed E-state index contributed by atoms with van der Waals surface area (Å²) in [6.45, 7) is 0. The van der Waals surface area contributed by atoms with Gasteiger partial charge in [0.05, 0.1) is 0 Å². The van der Waals surface area contributed by atoms with Crippen molar-refractivity contribution in [3.8, 4) is 17.5 Å². The predicted molar refractivity (Wildman–Crippen MR) is 51.8 cm³/mol. The van der Waals surface area contributed by atoms with Crippen molar-refractivity contribution in [3.05, 3.63) is 27.2 Å². The molecule has 0 unspecified atom stereocenters. The molecule has 2 rings (SSSR count). The maximum atomic E-state index is 11.2. The van der Waals surface area contributed by atoms with Gasteiger partial charge in [-0.25, -0.2) is 4.98 Å². The number of H-pyrrole nitrogens is 2. The molecule has 3 N–H and O–H groups in total. The number of halogens is 1. The normalized spacial score (nSPS) is 10.4. The number of aromatic amines is 2. The van der Waals surface area contributed by atoms with Gasteiger partial charge in [0.2, 0.25) is 5.88 Å². The largest absolute Gasteiger partial charge is 0.492 e. The van der Waals surface area contributed by atoms with E-state index in [4.69, 9.17) is 0 Å². The molecule has 7 heteroatoms. The number of hydrogen-bond donors (Lipinski definition) is 3. The summed E-state index contributed by atoms with van der Waals surface area (Å²) in [6, 6.07) is 0. The standard InChI is InChI=1S/C7H5BrN4O2/c8-3-6(13)11-5(12-7(3)14)4-9-1-2-10-4/h1-2H,(H,9,10)(H2,11,12,13,14). The summed E-state index contributed by atoms with van der Waals surface area (Å²) < 4.78 is 0.00723. The second kappa shape index (κ2) is 3.26. The topological polar surface area (TPSA) is 94.7 Å². The van der Waals surface area contributed by atoms with Crippen molar-refractivity contribution < 1.29 is 5.11 Å². The molecule has 0 fully saturated rings. The van der Waals surface area contributed by atoms with Crippen LogP contribution in [0.4, 0.5) is 0 Å². The summed E-state index contributed by atoms with van der Waals surface area (Å²) >= 11 is 2.89. The molecule has 72 valence electrons. The van der Waals surface area contributed by atoms with Crippen LogP contribution in [0.25, 0.3) is 11.6 Å². The Bertz CT molecular complexity index is 505. The van der Waals surface area contributed by atoms with Gasteiger partial charge < -0.3 is 15.1 Å². The Labute approximate surface area is 86.2 Å². The lowest BCUT2D eigenvalue weighted by atomic mass is 10.5. The van der Waals surface area contributed by atoms with Gasteiger partial charge in [-0.05, 0) is 15.9 Å². The molecule has 2 aromatic heterocycles. The van der Waals surface area contributed by atoms with Gasteiger partial charge in [0.1, 0.15) is 4.47 Å². The number of nitrogens with one attached hydrogen (secondary N) is 2. The molecule has 2 heterocycles. The lowest BCUT2D eigenvalue weighted by Gasteiger charge is -1.98. The van der Waals surface area contributed by atoms with E-state index in [0.29, 0.717) is 5.82 Å². The van der Waals surface area contributed by atoms with Crippen LogP contribution in [0, 0.1) is 0 Å². The fourth-order valence-corrected chi connectivity index (χ4v) is 1.14. The zero-order valence-electron chi connectivity index (χ0n) is 6.78. The van der Waals surface area contributed by atoms with E-state index in [1.807, 2.05) is 0 Å². The van der Waals surface area contributed by atoms with Gasteiger partial charge in [0.15, 0.2) is 11.6 Å². The molecule has 14 heavy (non-hydrogen) atoms. The van der Waals surface area contributed by atoms with E-state index < -0.39 is 5.56 Å². The predicted octanol–water partition coefficient (Wildman–Crippen LogP) is 0.628. The molecule has 0 amide bonds. The van der Waals surface area contributed by atoms with Gasteiger partial charge in [0, 0.05) is 12.4 Å². The van der Waals surface area contributed by atoms with E-state index in [0.717, 1.165) is 0 Å². The smallest absolute Gasteiger partial charge is 0.269 e. The molecule has 6 nitrogen and oxygen atoms in total. The van der Waals surface area contributed by atoms with Crippen LogP contribution in [-0.4, -0.2) is 25.0 Å². The van der Waals surface area contributed by atoms with E-state index in [2.05, 4.69) is 35.9 Å². The Morgan fingerprint density at radius 3 is 2.79 bits per heavy atom. The first-order valence-corrected chi connectivity index (χ1v) is 4.46. The Balaban J connectivity index is 2.63. The highest BCUT2D eigenvalue weighted by Crippen LogP contribution is 2.17. The second-order valence-electron chi connectivity index (χ2n) is 2.49. The molecule has 2 aromatic rings. The number of imidazole rings is 1. The fraction of sp³-hybridized carbons (Fsp3) is 0. The molecule has 0 aliphatic carbocycles. The van der Waals surface area contributed by atoms with Crippen LogP contribution in [0.5, 0.6) is 5.88 Å². The van der Waals surface area contributed by atoms with Crippen LogP contribution < -0.4 is 5.56 Å². The number of nitrogens with zero attached hydrogens (tertiary/aromatic N) is 2. The van der Waals surface area contributed by atoms with Crippen LogP contribution in [0.2, 0.25) is 0 Å². The monoisotopic (exact) mass is 256 g/mol. The number of rotatable bonds is 1. The summed E-state index contributed by atoms with van der Waals surface area (Å²) in [7, 11) is 0. The molecule has 0 spiro atoms. The zero-order chi connectivity index (χ0) is 10.1. The van der Waals surface area contributed by atoms with Crippen molar-refractivity contribution >= 4 is 15.9 Å². The van der Waals surface area contributed by atoms with Crippen LogP contribution in [0.15, 0.2) is 21.7 Å². The van der Waals surface area contributed by atoms with Crippen molar-refractivity contribution in [1.82, 2.24) is 19.9 Å². The first-order valence-electron chi connectivity index (χ1n) is 3.67. The Hall–Kier alpha value is -1.63. The first kappa shape index (κ1) is 8.95. The summed E-state index contributed by atoms with van der Waals surface area (Å²) in [5.41, 5.74) is -0.455. The Kier molecular flexibility index (Phi) is 2.08. The number of aromatic nitrogens is 4. The van der Waals surface area contributed by atoms with Gasteiger partial charge in [-0.15, -0.1) is 0 Å². The SMILES string of the molecule is O=c1[nH]c(-c2ncc[nH]2)nc(O)c1Br. The molecular formula is C7H5BrN4O2. The molecule has 0 aliphatic rings. The van der Waals surface area contributed by atoms with Gasteiger partial charge in [-0.1, -0.05) is 0 Å². The summed E-state index contributed by atoms with van der Waals surface area (Å²) in [6.07, 6.45) is 3.11. The molecule has 0 aliphatic heterocycles. The Morgan fingerprint density at radius 1 is 1.43 bits per heavy atom. The fourth-order valence-electron chi connectivity index (χ4n) is 0.954. The Morgan fingerprint density at radius 2 is 2.21 bits per heavy atom. The van der Waals surface area contributed by atoms with Gasteiger partial charge in [-0.3, -0.25) is 4.79 Å². The van der Waals surface area contributed by atoms with E-state index in [-0.39, 0.29) is 16.2 Å². The minimum atomic E-state index is -0.455. The van der Waals surface area contributed by atoms with E-state index in [9.17, 15) is 9.90 Å². The zero-order valence-corrected chi connectivity index (χ0v) is 8.37. The first-order chi connectivity index (χ1) is 6.68. The molecule has 0 bridgehead atoms. The maximum absolute atomic E-state index is 11.2. The van der Waals surface area contributed by atoms with E-state index in [1.165, 1.54) is 6.20 Å². The highest BCUT2D eigenvalue weighted by atomic mass is 79.9. The molecule has 0 aromatic carbocycles. The van der Waals surface area contributed by atoms with Crippen molar-refractivity contribution in [2.75, 3.05) is 0 Å². The summed E-state index contributed by atoms with van der Waals surface area (Å²) in [5.74, 6) is 0.228. The summed E-state index contributed by atoms with van der Waals surface area (Å²) in [5, 5.41) is 9.26. The second-order valence-corrected chi connectivity index (χ2v) is 3.28. The highest BCUT2D eigenvalue weighted by Gasteiger charge is 2.09. The van der Waals surface area contributed by atoms with Gasteiger partial charge in [0.25, 0.3) is 5.56 Å². The van der Waals surface area contributed by atoms with Crippen LogP contribution in [0.3, 0.4) is 0 Å². The average molecular weight is 257 g/mol. The van der Waals surface area contributed by atoms with Crippen molar-refractivity contribution in [3.63, 3.8) is 0 Å². The van der Waals surface area contributed by atoms with E-state index >= 15 is 0 Å². The van der Waals surface area contributed by atoms with Crippen molar-refractivity contribution in [2.45, 2.75) is 0 Å². The average Bonchev–Trinajstić information content (AvgIpc) is 2.66. The van der Waals surface area contributed by atoms with E-state index in [1.54, 1.807) is 6.20 Å². The lowest BCUT2D eigenvalue weighted by molar-refractivity contribution is 0.447. The minimum Gasteiger partial charge on any atom is -0.492 e. The summed E-state index contributed by atoms with van der Waals surface area (Å²) in [4.78, 5) is 24.0. The quantitative estimate of drug-likeness (QED) is 0.698. The van der Waals surface area contributed by atoms with Crippen LogP contribution in [-0.2, 0) is 0 Å². The molecule has 0 atom stereocenters. The maximum Gasteiger partial charge on any atom is 0.269 e. The molecule has 0 saturated carbocycles. The lowest BCUT2D eigenvalue weighted by Crippen LogP contribution is -2.10. The molecule has 0 saturated heterocycles. The van der Waals surface area contributed by atoms with Gasteiger partial charge in [-0.2, -0.15) is 4.98 Å². The molecule has 0 radical (unpaired) electrons.